The number of carbonyl (C=O) groups is 1. The quantitative estimate of drug-likeness (QED) is 0.208. The molecule has 5 rings (SSSR count). The molecule has 1 fully saturated rings. The van der Waals surface area contributed by atoms with Crippen molar-refractivity contribution in [3.05, 3.63) is 95.3 Å². The van der Waals surface area contributed by atoms with Gasteiger partial charge in [0.2, 0.25) is 0 Å². The molecule has 0 bridgehead atoms. The third-order valence-corrected chi connectivity index (χ3v) is 7.90. The first-order chi connectivity index (χ1) is 19.7. The van der Waals surface area contributed by atoms with Gasteiger partial charge in [-0.3, -0.25) is 9.69 Å². The molecule has 1 saturated heterocycles. The second-order valence-corrected chi connectivity index (χ2v) is 10.8. The molecule has 1 amide bonds. The fraction of sp³-hybridized carbons (Fsp3) is 0.412. The molecule has 4 aromatic rings. The lowest BCUT2D eigenvalue weighted by atomic mass is 9.97. The minimum Gasteiger partial charge on any atom is -0.494 e. The van der Waals surface area contributed by atoms with E-state index in [9.17, 15) is 4.79 Å². The van der Waals surface area contributed by atoms with E-state index in [0.29, 0.717) is 25.1 Å². The van der Waals surface area contributed by atoms with Gasteiger partial charge in [-0.1, -0.05) is 56.2 Å². The highest BCUT2D eigenvalue weighted by molar-refractivity contribution is 5.94. The number of aromatic nitrogens is 2. The molecule has 0 saturated carbocycles. The predicted molar refractivity (Wildman–Crippen MR) is 162 cm³/mol. The van der Waals surface area contributed by atoms with Crippen molar-refractivity contribution < 1.29 is 9.53 Å². The van der Waals surface area contributed by atoms with Gasteiger partial charge >= 0.3 is 0 Å². The lowest BCUT2D eigenvalue weighted by Gasteiger charge is -2.32. The Morgan fingerprint density at radius 2 is 1.68 bits per heavy atom. The smallest absolute Gasteiger partial charge is 0.254 e. The van der Waals surface area contributed by atoms with Crippen LogP contribution in [0.4, 0.5) is 0 Å². The lowest BCUT2D eigenvalue weighted by Crippen LogP contribution is -2.38. The maximum atomic E-state index is 14.2. The van der Waals surface area contributed by atoms with Crippen LogP contribution < -0.4 is 4.74 Å². The molecule has 40 heavy (non-hydrogen) atoms. The van der Waals surface area contributed by atoms with E-state index < -0.39 is 0 Å². The molecule has 210 valence electrons. The molecule has 0 aliphatic carbocycles. The Morgan fingerprint density at radius 3 is 2.40 bits per heavy atom. The number of nitrogens with zero attached hydrogens (tertiary/aromatic N) is 3. The van der Waals surface area contributed by atoms with Crippen LogP contribution >= 0.6 is 0 Å². The fourth-order valence-electron chi connectivity index (χ4n) is 5.72. The maximum Gasteiger partial charge on any atom is 0.254 e. The number of para-hydroxylation sites is 2. The van der Waals surface area contributed by atoms with E-state index >= 15 is 0 Å². The normalized spacial score (nSPS) is 14.8. The molecule has 6 heteroatoms. The second kappa shape index (κ2) is 13.6. The molecule has 1 aliphatic rings. The van der Waals surface area contributed by atoms with Crippen molar-refractivity contribution in [2.75, 3.05) is 26.2 Å². The minimum atomic E-state index is -0.222. The van der Waals surface area contributed by atoms with Gasteiger partial charge in [0, 0.05) is 25.1 Å². The number of amides is 1. The molecule has 0 radical (unpaired) electrons. The molecule has 0 spiro atoms. The molecule has 1 unspecified atom stereocenters. The van der Waals surface area contributed by atoms with E-state index in [-0.39, 0.29) is 11.9 Å². The highest BCUT2D eigenvalue weighted by Crippen LogP contribution is 2.30. The van der Waals surface area contributed by atoms with Gasteiger partial charge in [0.1, 0.15) is 11.6 Å². The number of likely N-dealkylation sites (tertiary alicyclic amines) is 1. The Kier molecular flexibility index (Phi) is 9.50. The number of H-pyrrole nitrogens is 1. The summed E-state index contributed by atoms with van der Waals surface area (Å²) in [6.45, 7) is 8.65. The monoisotopic (exact) mass is 538 g/mol. The van der Waals surface area contributed by atoms with Gasteiger partial charge in [0.25, 0.3) is 5.91 Å². The largest absolute Gasteiger partial charge is 0.494 e. The summed E-state index contributed by atoms with van der Waals surface area (Å²) in [6, 6.07) is 24.2. The van der Waals surface area contributed by atoms with Crippen molar-refractivity contribution in [1.82, 2.24) is 19.8 Å². The highest BCUT2D eigenvalue weighted by atomic mass is 16.5. The van der Waals surface area contributed by atoms with E-state index in [2.05, 4.69) is 47.1 Å². The van der Waals surface area contributed by atoms with E-state index in [1.165, 1.54) is 30.4 Å². The number of fused-ring (bicyclic) bond motifs is 1. The average Bonchev–Trinajstić information content (AvgIpc) is 3.43. The van der Waals surface area contributed by atoms with Crippen LogP contribution in [0.3, 0.4) is 0 Å². The fourth-order valence-corrected chi connectivity index (χ4v) is 5.72. The number of nitrogens with one attached hydrogen (secondary N) is 1. The summed E-state index contributed by atoms with van der Waals surface area (Å²) >= 11 is 0. The molecule has 1 atom stereocenters. The molecule has 1 N–H and O–H groups in total. The number of rotatable bonds is 12. The van der Waals surface area contributed by atoms with Crippen molar-refractivity contribution in [1.29, 1.82) is 0 Å². The van der Waals surface area contributed by atoms with Crippen LogP contribution in [0, 0.1) is 0 Å². The van der Waals surface area contributed by atoms with E-state index in [1.807, 2.05) is 54.3 Å². The van der Waals surface area contributed by atoms with Gasteiger partial charge in [-0.25, -0.2) is 4.98 Å². The number of carbonyl (C=O) groups excluding carboxylic acids is 1. The van der Waals surface area contributed by atoms with Gasteiger partial charge in [-0.2, -0.15) is 0 Å². The Morgan fingerprint density at radius 1 is 0.950 bits per heavy atom. The number of imidazole rings is 1. The van der Waals surface area contributed by atoms with Crippen LogP contribution in [0.2, 0.25) is 0 Å². The first-order valence-corrected chi connectivity index (χ1v) is 14.9. The van der Waals surface area contributed by atoms with Gasteiger partial charge in [-0.15, -0.1) is 0 Å². The lowest BCUT2D eigenvalue weighted by molar-refractivity contribution is 0.0663. The van der Waals surface area contributed by atoms with Crippen LogP contribution in [0.1, 0.15) is 79.3 Å². The molecule has 1 aromatic heterocycles. The molecule has 6 nitrogen and oxygen atoms in total. The zero-order chi connectivity index (χ0) is 27.7. The Hall–Kier alpha value is -3.64. The third-order valence-electron chi connectivity index (χ3n) is 7.90. The van der Waals surface area contributed by atoms with Crippen molar-refractivity contribution in [2.24, 2.45) is 0 Å². The number of aromatic amines is 1. The van der Waals surface area contributed by atoms with E-state index in [4.69, 9.17) is 9.72 Å². The number of ether oxygens (including phenoxy) is 1. The highest BCUT2D eigenvalue weighted by Gasteiger charge is 2.29. The zero-order valence-corrected chi connectivity index (χ0v) is 23.9. The number of hydrogen-bond acceptors (Lipinski definition) is 4. The Bertz CT molecular complexity index is 1340. The first-order valence-electron chi connectivity index (χ1n) is 14.9. The van der Waals surface area contributed by atoms with Crippen molar-refractivity contribution in [3.8, 4) is 5.75 Å². The first kappa shape index (κ1) is 27.9. The number of unbranched alkanes of at least 4 members (excludes halogenated alkanes) is 1. The van der Waals surface area contributed by atoms with Crippen molar-refractivity contribution >= 4 is 16.9 Å². The Labute approximate surface area is 238 Å². The van der Waals surface area contributed by atoms with Crippen LogP contribution in [0.15, 0.2) is 72.8 Å². The van der Waals surface area contributed by atoms with Crippen molar-refractivity contribution in [3.63, 3.8) is 0 Å². The van der Waals surface area contributed by atoms with E-state index in [0.717, 1.165) is 55.1 Å². The molecule has 2 heterocycles. The summed E-state index contributed by atoms with van der Waals surface area (Å²) in [5.41, 5.74) is 5.21. The topological polar surface area (TPSA) is 61.5 Å². The second-order valence-electron chi connectivity index (χ2n) is 10.8. The average molecular weight is 539 g/mol. The summed E-state index contributed by atoms with van der Waals surface area (Å²) in [6.07, 6.45) is 6.50. The number of benzene rings is 3. The van der Waals surface area contributed by atoms with E-state index in [1.54, 1.807) is 0 Å². The standard InChI is InChI=1S/C34H42N4O2/c1-3-5-23-38(34(39)26-17-19-29(20-18-26)40-4-2)32(33-35-30-15-9-10-16-31(30)36-33)24-27-13-7-8-14-28(27)25-37-21-11-6-12-22-37/h7-10,13-20,32H,3-6,11-12,21-25H2,1-2H3,(H,35,36). The number of piperidine rings is 1. The summed E-state index contributed by atoms with van der Waals surface area (Å²) in [7, 11) is 0. The van der Waals surface area contributed by atoms with Crippen molar-refractivity contribution in [2.45, 2.75) is 65.0 Å². The van der Waals surface area contributed by atoms with Crippen LogP contribution in [-0.2, 0) is 13.0 Å². The third kappa shape index (κ3) is 6.73. The predicted octanol–water partition coefficient (Wildman–Crippen LogP) is 7.17. The van der Waals surface area contributed by atoms with Crippen LogP contribution in [0.25, 0.3) is 11.0 Å². The van der Waals surface area contributed by atoms with Crippen LogP contribution in [0.5, 0.6) is 5.75 Å². The summed E-state index contributed by atoms with van der Waals surface area (Å²) < 4.78 is 5.63. The van der Waals surface area contributed by atoms with Gasteiger partial charge < -0.3 is 14.6 Å². The molecule has 3 aromatic carbocycles. The van der Waals surface area contributed by atoms with Gasteiger partial charge in [0.05, 0.1) is 23.7 Å². The summed E-state index contributed by atoms with van der Waals surface area (Å²) in [5.74, 6) is 1.64. The maximum absolute atomic E-state index is 14.2. The SMILES string of the molecule is CCCCN(C(=O)c1ccc(OCC)cc1)C(Cc1ccccc1CN1CCCCC1)c1nc2ccccc2[nH]1. The zero-order valence-electron chi connectivity index (χ0n) is 23.9. The minimum absolute atomic E-state index is 0.0236. The van der Waals surface area contributed by atoms with Gasteiger partial charge in [-0.05, 0) is 86.8 Å². The van der Waals surface area contributed by atoms with Gasteiger partial charge in [0.15, 0.2) is 0 Å². The summed E-state index contributed by atoms with van der Waals surface area (Å²) in [4.78, 5) is 27.4. The summed E-state index contributed by atoms with van der Waals surface area (Å²) in [5, 5.41) is 0. The molecule has 1 aliphatic heterocycles. The molecular formula is C34H42N4O2. The Balaban J connectivity index is 1.52. The number of hydrogen-bond donors (Lipinski definition) is 1. The molecular weight excluding hydrogens is 496 g/mol. The van der Waals surface area contributed by atoms with Crippen LogP contribution in [-0.4, -0.2) is 51.9 Å².